The molecule has 13 heteroatoms. The van der Waals surface area contributed by atoms with Crippen molar-refractivity contribution >= 4 is 66.0 Å². The van der Waals surface area contributed by atoms with Crippen LogP contribution in [0, 0.1) is 27.7 Å². The van der Waals surface area contributed by atoms with Crippen LogP contribution in [0.4, 0.5) is 8.78 Å². The number of carbonyl (C=O) groups is 2. The van der Waals surface area contributed by atoms with Gasteiger partial charge in [-0.2, -0.15) is 0 Å². The molecule has 2 fully saturated rings. The molecule has 0 amide bonds. The van der Waals surface area contributed by atoms with E-state index < -0.39 is 0 Å². The number of phenolic OH excluding ortho intramolecular Hbond substituents is 1. The summed E-state index contributed by atoms with van der Waals surface area (Å²) in [4.78, 5) is 32.1. The Morgan fingerprint density at radius 2 is 1.00 bits per heavy atom. The maximum atomic E-state index is 13.6. The molecule has 8 aromatic rings. The van der Waals surface area contributed by atoms with Crippen molar-refractivity contribution in [2.24, 2.45) is 0 Å². The number of ether oxygens (including phenoxy) is 3. The van der Waals surface area contributed by atoms with Crippen LogP contribution >= 0.6 is 34.3 Å². The maximum Gasteiger partial charge on any atom is 0.207 e. The Balaban J connectivity index is 0.000000165. The van der Waals surface area contributed by atoms with Crippen molar-refractivity contribution < 1.29 is 37.7 Å². The number of alkyl halides is 2. The van der Waals surface area contributed by atoms with Gasteiger partial charge in [0, 0.05) is 57.5 Å². The van der Waals surface area contributed by atoms with E-state index in [4.69, 9.17) is 30.9 Å². The molecule has 0 unspecified atom stereocenters. The van der Waals surface area contributed by atoms with Gasteiger partial charge in [-0.25, -0.2) is 0 Å². The van der Waals surface area contributed by atoms with Crippen LogP contribution in [-0.2, 0) is 0 Å². The first-order chi connectivity index (χ1) is 36.4. The number of nitrogens with zero attached hydrogens (tertiary/aromatic N) is 2. The van der Waals surface area contributed by atoms with Crippen LogP contribution in [0.25, 0.3) is 20.2 Å². The zero-order valence-electron chi connectivity index (χ0n) is 43.1. The minimum Gasteiger partial charge on any atom is -0.508 e. The van der Waals surface area contributed by atoms with Gasteiger partial charge in [0.05, 0.1) is 23.2 Å². The highest BCUT2D eigenvalue weighted by Crippen LogP contribution is 2.43. The second kappa shape index (κ2) is 26.6. The van der Waals surface area contributed by atoms with Crippen molar-refractivity contribution in [3.05, 3.63) is 182 Å². The molecule has 2 aliphatic heterocycles. The molecule has 1 N–H and O–H groups in total. The summed E-state index contributed by atoms with van der Waals surface area (Å²) in [5.41, 5.74) is 5.65. The topological polar surface area (TPSA) is 88.5 Å². The van der Waals surface area contributed by atoms with E-state index in [0.717, 1.165) is 119 Å². The number of hydrogen-bond donors (Lipinski definition) is 1. The van der Waals surface area contributed by atoms with Crippen molar-refractivity contribution in [1.29, 1.82) is 0 Å². The van der Waals surface area contributed by atoms with Crippen LogP contribution in [0.3, 0.4) is 0 Å². The fraction of sp³-hybridized carbons (Fsp3) is 0.323. The molecule has 2 saturated heterocycles. The largest absolute Gasteiger partial charge is 0.508 e. The summed E-state index contributed by atoms with van der Waals surface area (Å²) in [5, 5.41) is 11.6. The molecule has 0 radical (unpaired) electrons. The van der Waals surface area contributed by atoms with Gasteiger partial charge in [-0.05, 0) is 168 Å². The zero-order valence-corrected chi connectivity index (χ0v) is 45.5. The van der Waals surface area contributed by atoms with E-state index >= 15 is 0 Å². The van der Waals surface area contributed by atoms with Gasteiger partial charge in [0.1, 0.15) is 40.1 Å². The first kappa shape index (κ1) is 55.1. The third-order valence-electron chi connectivity index (χ3n) is 13.3. The fourth-order valence-electron chi connectivity index (χ4n) is 9.04. The molecule has 0 atom stereocenters. The van der Waals surface area contributed by atoms with E-state index in [-0.39, 0.29) is 42.9 Å². The van der Waals surface area contributed by atoms with Crippen molar-refractivity contribution in [3.8, 4) is 28.7 Å². The third kappa shape index (κ3) is 14.6. The van der Waals surface area contributed by atoms with Gasteiger partial charge in [-0.3, -0.25) is 28.2 Å². The first-order valence-corrected chi connectivity index (χ1v) is 27.8. The Hall–Kier alpha value is -6.15. The average Bonchev–Trinajstić information content (AvgIpc) is 3.91. The quantitative estimate of drug-likeness (QED) is 0.0597. The maximum absolute atomic E-state index is 13.6. The number of thiophene rings is 2. The highest BCUT2D eigenvalue weighted by atomic mass is 35.5. The molecule has 2 aromatic heterocycles. The lowest BCUT2D eigenvalue weighted by Crippen LogP contribution is -2.53. The number of aryl methyl sites for hydroxylation is 4. The van der Waals surface area contributed by atoms with Crippen LogP contribution in [0.5, 0.6) is 28.7 Å². The third-order valence-corrected chi connectivity index (χ3v) is 16.1. The fourth-order valence-corrected chi connectivity index (χ4v) is 11.8. The van der Waals surface area contributed by atoms with Crippen LogP contribution in [-0.4, -0.2) is 91.3 Å². The van der Waals surface area contributed by atoms with Gasteiger partial charge in [0.2, 0.25) is 11.6 Å². The second-order valence-corrected chi connectivity index (χ2v) is 21.8. The van der Waals surface area contributed by atoms with Gasteiger partial charge in [0.25, 0.3) is 0 Å². The lowest BCUT2D eigenvalue weighted by molar-refractivity contribution is 0.0189. The van der Waals surface area contributed by atoms with E-state index in [2.05, 4.69) is 28.9 Å². The molecule has 10 rings (SSSR count). The summed E-state index contributed by atoms with van der Waals surface area (Å²) >= 11 is 9.34. The van der Waals surface area contributed by atoms with E-state index in [1.807, 2.05) is 118 Å². The molecule has 392 valence electrons. The van der Waals surface area contributed by atoms with Crippen molar-refractivity contribution in [2.45, 2.75) is 78.4 Å². The molecule has 0 saturated carbocycles. The summed E-state index contributed by atoms with van der Waals surface area (Å²) in [6, 6.07) is 41.9. The van der Waals surface area contributed by atoms with E-state index in [1.54, 1.807) is 24.3 Å². The number of rotatable bonds is 20. The molecular weight excluding hydrogens is 1010 g/mol. The highest BCUT2D eigenvalue weighted by molar-refractivity contribution is 7.22. The minimum atomic E-state index is -0.224. The smallest absolute Gasteiger partial charge is 0.207 e. The number of hydrogen-bond acceptors (Lipinski definition) is 10. The molecular formula is C62H65ClF2N2O6S2. The zero-order chi connectivity index (χ0) is 52.8. The highest BCUT2D eigenvalue weighted by Gasteiger charge is 2.29. The van der Waals surface area contributed by atoms with Gasteiger partial charge < -0.3 is 19.3 Å². The van der Waals surface area contributed by atoms with E-state index in [9.17, 15) is 18.4 Å². The SMILES string of the molecule is Cc1ccc2c(Cl)c(C(=O)c3ccccc3C)sc2c1.Cc1ccc2c(Oc3ccc(OC4CN(CCCCCF)C4)cc3)c(C(=O)c3ccccc3C)sc2c1.Oc1ccc(OC2CN(CCCCCF)C2)cc1. The van der Waals surface area contributed by atoms with Crippen LogP contribution in [0.2, 0.25) is 5.02 Å². The second-order valence-electron chi connectivity index (χ2n) is 19.4. The van der Waals surface area contributed by atoms with Crippen molar-refractivity contribution in [2.75, 3.05) is 52.6 Å². The number of likely N-dealkylation sites (tertiary alicyclic amines) is 2. The van der Waals surface area contributed by atoms with E-state index in [1.165, 1.54) is 28.2 Å². The monoisotopic (exact) mass is 1070 g/mol. The summed E-state index contributed by atoms with van der Waals surface area (Å²) in [6.45, 7) is 13.3. The predicted octanol–water partition coefficient (Wildman–Crippen LogP) is 15.7. The number of ketones is 2. The van der Waals surface area contributed by atoms with Crippen LogP contribution in [0.15, 0.2) is 133 Å². The molecule has 8 nitrogen and oxygen atoms in total. The number of halogens is 3. The minimum absolute atomic E-state index is 0.00644. The number of benzene rings is 6. The first-order valence-electron chi connectivity index (χ1n) is 25.8. The molecule has 2 aliphatic rings. The van der Waals surface area contributed by atoms with Crippen molar-refractivity contribution in [1.82, 2.24) is 9.80 Å². The number of phenols is 1. The molecule has 6 aromatic carbocycles. The Morgan fingerprint density at radius 3 is 1.51 bits per heavy atom. The van der Waals surface area contributed by atoms with Gasteiger partial charge in [0.15, 0.2) is 5.75 Å². The van der Waals surface area contributed by atoms with E-state index in [0.29, 0.717) is 44.7 Å². The molecule has 0 bridgehead atoms. The standard InChI is InChI=1S/C31H32FNO3S.C17H13ClOS.C14H20FNO2/c1-21-10-15-27-28(18-21)37-31(29(34)26-9-5-4-8-22(26)2)30(27)36-24-13-11-23(12-14-24)35-25-19-33(20-25)17-7-3-6-16-32;1-10-7-8-13-14(9-10)20-17(15(13)18)16(19)12-6-4-3-5-11(12)2;15-8-2-1-3-9-16-10-14(11-16)18-13-6-4-12(17)5-7-13/h4-5,8-15,18,25H,3,6-7,16-17,19-20H2,1-2H3;3-9H,1-2H3;4-7,14,17H,1-3,8-11H2. The van der Waals surface area contributed by atoms with Gasteiger partial charge >= 0.3 is 0 Å². The lowest BCUT2D eigenvalue weighted by Gasteiger charge is -2.39. The Labute approximate surface area is 452 Å². The Morgan fingerprint density at radius 1 is 0.560 bits per heavy atom. The summed E-state index contributed by atoms with van der Waals surface area (Å²) in [5.74, 6) is 3.11. The summed E-state index contributed by atoms with van der Waals surface area (Å²) in [6.07, 6.45) is 5.77. The van der Waals surface area contributed by atoms with Gasteiger partial charge in [-0.15, -0.1) is 22.7 Å². The predicted molar refractivity (Wildman–Crippen MR) is 303 cm³/mol. The number of aromatic hydroxyl groups is 1. The normalized spacial score (nSPS) is 13.8. The molecule has 0 spiro atoms. The van der Waals surface area contributed by atoms with Gasteiger partial charge in [-0.1, -0.05) is 78.3 Å². The van der Waals surface area contributed by atoms with Crippen molar-refractivity contribution in [3.63, 3.8) is 0 Å². The average molecular weight is 1070 g/mol. The number of carbonyl (C=O) groups excluding carboxylic acids is 2. The van der Waals surface area contributed by atoms with Crippen LogP contribution < -0.4 is 14.2 Å². The number of fused-ring (bicyclic) bond motifs is 2. The molecule has 75 heavy (non-hydrogen) atoms. The summed E-state index contributed by atoms with van der Waals surface area (Å²) < 4.78 is 44.4. The number of unbranched alkanes of at least 4 members (excludes halogenated alkanes) is 4. The molecule has 0 aliphatic carbocycles. The molecule has 4 heterocycles. The lowest BCUT2D eigenvalue weighted by atomic mass is 10.0. The summed E-state index contributed by atoms with van der Waals surface area (Å²) in [7, 11) is 0. The Bertz CT molecular complexity index is 3170. The Kier molecular flexibility index (Phi) is 19.5. The van der Waals surface area contributed by atoms with Crippen LogP contribution in [0.1, 0.15) is 91.2 Å².